The van der Waals surface area contributed by atoms with Crippen LogP contribution >= 0.6 is 0 Å². The molecular weight excluding hydrogens is 214 g/mol. The Morgan fingerprint density at radius 2 is 1.27 bits per heavy atom. The Hall–Kier alpha value is 0.170. The summed E-state index contributed by atoms with van der Waals surface area (Å²) < 4.78 is 1.14. The van der Waals surface area contributed by atoms with Crippen molar-refractivity contribution in [1.29, 1.82) is 0 Å². The lowest BCUT2D eigenvalue weighted by Gasteiger charge is -2.41. The van der Waals surface area contributed by atoms with E-state index in [1.54, 1.807) is 0 Å². The first-order valence-corrected chi connectivity index (χ1v) is 5.90. The van der Waals surface area contributed by atoms with E-state index in [1.165, 1.54) is 32.4 Å². The minimum Gasteiger partial charge on any atom is -1.00 e. The van der Waals surface area contributed by atoms with Gasteiger partial charge in [0.05, 0.1) is 26.2 Å². The third-order valence-electron chi connectivity index (χ3n) is 3.35. The minimum absolute atomic E-state index is 0. The predicted molar refractivity (Wildman–Crippen MR) is 57.0 cm³/mol. The molecule has 1 saturated heterocycles. The van der Waals surface area contributed by atoms with Crippen LogP contribution in [0.4, 0.5) is 0 Å². The minimum atomic E-state index is 0. The van der Waals surface area contributed by atoms with Crippen molar-refractivity contribution in [2.24, 2.45) is 0 Å². The molecule has 0 saturated carbocycles. The number of halogens is 1. The van der Waals surface area contributed by atoms with E-state index in [4.69, 9.17) is 10.2 Å². The molecule has 0 unspecified atom stereocenters. The fourth-order valence-electron chi connectivity index (χ4n) is 2.55. The number of hydrogen-bond acceptors (Lipinski definition) is 2. The highest BCUT2D eigenvalue weighted by molar-refractivity contribution is 4.55. The standard InChI is InChI=1S/C11H24NO2.ClH/c13-10-4-8-12(9-5-11-14)6-2-1-3-7-12;/h13-14H,1-11H2;1H/q+1;/p-1. The number of hydrogen-bond donors (Lipinski definition) is 2. The predicted octanol–water partition coefficient (Wildman–Crippen LogP) is -2.24. The Kier molecular flexibility index (Phi) is 8.43. The van der Waals surface area contributed by atoms with Gasteiger partial charge in [-0.15, -0.1) is 0 Å². The maximum atomic E-state index is 8.88. The van der Waals surface area contributed by atoms with Gasteiger partial charge in [0.25, 0.3) is 0 Å². The third kappa shape index (κ3) is 5.16. The van der Waals surface area contributed by atoms with Crippen molar-refractivity contribution in [2.45, 2.75) is 32.1 Å². The van der Waals surface area contributed by atoms with Crippen molar-refractivity contribution in [2.75, 3.05) is 39.4 Å². The summed E-state index contributed by atoms with van der Waals surface area (Å²) in [5.74, 6) is 0. The average molecular weight is 238 g/mol. The molecule has 3 nitrogen and oxygen atoms in total. The second-order valence-corrected chi connectivity index (χ2v) is 4.45. The highest BCUT2D eigenvalue weighted by atomic mass is 35.5. The van der Waals surface area contributed by atoms with Gasteiger partial charge in [0.2, 0.25) is 0 Å². The molecule has 0 amide bonds. The summed E-state index contributed by atoms with van der Waals surface area (Å²) in [7, 11) is 0. The lowest BCUT2D eigenvalue weighted by Crippen LogP contribution is -3.00. The molecule has 1 aliphatic rings. The van der Waals surface area contributed by atoms with Crippen LogP contribution in [0.15, 0.2) is 0 Å². The molecule has 1 fully saturated rings. The van der Waals surface area contributed by atoms with Crippen molar-refractivity contribution in [1.82, 2.24) is 0 Å². The van der Waals surface area contributed by atoms with E-state index in [-0.39, 0.29) is 12.4 Å². The molecule has 0 bridgehead atoms. The van der Waals surface area contributed by atoms with E-state index in [2.05, 4.69) is 0 Å². The number of aliphatic hydroxyl groups is 2. The molecule has 15 heavy (non-hydrogen) atoms. The molecule has 1 aliphatic heterocycles. The van der Waals surface area contributed by atoms with Crippen molar-refractivity contribution in [3.05, 3.63) is 0 Å². The maximum Gasteiger partial charge on any atom is 0.0808 e. The molecule has 0 aliphatic carbocycles. The third-order valence-corrected chi connectivity index (χ3v) is 3.35. The summed E-state index contributed by atoms with van der Waals surface area (Å²) in [6, 6.07) is 0. The zero-order valence-corrected chi connectivity index (χ0v) is 10.3. The number of quaternary nitrogens is 1. The zero-order valence-electron chi connectivity index (χ0n) is 9.50. The molecular formula is C11H24ClNO2. The first-order valence-electron chi connectivity index (χ1n) is 5.90. The highest BCUT2D eigenvalue weighted by Gasteiger charge is 2.28. The number of nitrogens with zero attached hydrogens (tertiary/aromatic N) is 1. The van der Waals surface area contributed by atoms with Crippen LogP contribution in [0.25, 0.3) is 0 Å². The fourth-order valence-corrected chi connectivity index (χ4v) is 2.55. The summed E-state index contributed by atoms with van der Waals surface area (Å²) in [5.41, 5.74) is 0. The van der Waals surface area contributed by atoms with Crippen molar-refractivity contribution in [3.63, 3.8) is 0 Å². The number of aliphatic hydroxyl groups excluding tert-OH is 2. The Bertz CT molecular complexity index is 140. The zero-order chi connectivity index (χ0) is 10.3. The molecule has 2 N–H and O–H groups in total. The summed E-state index contributed by atoms with van der Waals surface area (Å²) in [6.07, 6.45) is 5.81. The average Bonchev–Trinajstić information content (AvgIpc) is 2.25. The fraction of sp³-hybridized carbons (Fsp3) is 1.00. The van der Waals surface area contributed by atoms with E-state index in [1.807, 2.05) is 0 Å². The molecule has 1 heterocycles. The second-order valence-electron chi connectivity index (χ2n) is 4.45. The van der Waals surface area contributed by atoms with Gasteiger partial charge in [-0.1, -0.05) is 0 Å². The van der Waals surface area contributed by atoms with Gasteiger partial charge >= 0.3 is 0 Å². The van der Waals surface area contributed by atoms with Gasteiger partial charge in [0.1, 0.15) is 0 Å². The van der Waals surface area contributed by atoms with Crippen molar-refractivity contribution >= 4 is 0 Å². The Labute approximate surface area is 99.1 Å². The molecule has 0 aromatic heterocycles. The van der Waals surface area contributed by atoms with E-state index in [0.29, 0.717) is 13.2 Å². The van der Waals surface area contributed by atoms with Crippen LogP contribution in [0.1, 0.15) is 32.1 Å². The lowest BCUT2D eigenvalue weighted by atomic mass is 10.1. The van der Waals surface area contributed by atoms with Gasteiger partial charge in [-0.2, -0.15) is 0 Å². The van der Waals surface area contributed by atoms with Gasteiger partial charge in [-0.3, -0.25) is 0 Å². The molecule has 4 heteroatoms. The van der Waals surface area contributed by atoms with Gasteiger partial charge in [0, 0.05) is 26.1 Å². The SMILES string of the molecule is OCCC[N+]1(CCCO)CCCCC1.[Cl-]. The summed E-state index contributed by atoms with van der Waals surface area (Å²) in [5, 5.41) is 17.8. The quantitative estimate of drug-likeness (QED) is 0.513. The van der Waals surface area contributed by atoms with Crippen LogP contribution < -0.4 is 12.4 Å². The van der Waals surface area contributed by atoms with Crippen LogP contribution in [0.2, 0.25) is 0 Å². The van der Waals surface area contributed by atoms with Crippen LogP contribution in [0, 0.1) is 0 Å². The van der Waals surface area contributed by atoms with Crippen LogP contribution in [-0.2, 0) is 0 Å². The molecule has 0 radical (unpaired) electrons. The Morgan fingerprint density at radius 3 is 1.67 bits per heavy atom. The lowest BCUT2D eigenvalue weighted by molar-refractivity contribution is -0.932. The summed E-state index contributed by atoms with van der Waals surface area (Å²) >= 11 is 0. The smallest absolute Gasteiger partial charge is 0.0808 e. The van der Waals surface area contributed by atoms with Crippen LogP contribution in [0.3, 0.4) is 0 Å². The molecule has 0 spiro atoms. The Morgan fingerprint density at radius 1 is 0.800 bits per heavy atom. The van der Waals surface area contributed by atoms with E-state index >= 15 is 0 Å². The number of piperidine rings is 1. The topological polar surface area (TPSA) is 40.5 Å². The molecule has 0 aromatic rings. The molecule has 0 atom stereocenters. The highest BCUT2D eigenvalue weighted by Crippen LogP contribution is 2.19. The van der Waals surface area contributed by atoms with Crippen molar-refractivity contribution < 1.29 is 27.1 Å². The largest absolute Gasteiger partial charge is 1.00 e. The van der Waals surface area contributed by atoms with Crippen LogP contribution in [-0.4, -0.2) is 54.1 Å². The van der Waals surface area contributed by atoms with Gasteiger partial charge in [-0.25, -0.2) is 0 Å². The maximum absolute atomic E-state index is 8.88. The van der Waals surface area contributed by atoms with E-state index < -0.39 is 0 Å². The Balaban J connectivity index is 0.00000196. The normalized spacial score (nSPS) is 19.6. The summed E-state index contributed by atoms with van der Waals surface area (Å²) in [6.45, 7) is 5.30. The summed E-state index contributed by atoms with van der Waals surface area (Å²) in [4.78, 5) is 0. The molecule has 0 aromatic carbocycles. The second kappa shape index (κ2) is 8.34. The first kappa shape index (κ1) is 15.2. The number of rotatable bonds is 6. The molecule has 1 rings (SSSR count). The van der Waals surface area contributed by atoms with E-state index in [0.717, 1.165) is 30.4 Å². The van der Waals surface area contributed by atoms with Crippen LogP contribution in [0.5, 0.6) is 0 Å². The van der Waals surface area contributed by atoms with Gasteiger partial charge in [0.15, 0.2) is 0 Å². The monoisotopic (exact) mass is 237 g/mol. The van der Waals surface area contributed by atoms with Gasteiger partial charge in [-0.05, 0) is 19.3 Å². The van der Waals surface area contributed by atoms with Gasteiger partial charge < -0.3 is 27.1 Å². The van der Waals surface area contributed by atoms with E-state index in [9.17, 15) is 0 Å². The number of likely N-dealkylation sites (tertiary alicyclic amines) is 1. The first-order chi connectivity index (χ1) is 6.83. The van der Waals surface area contributed by atoms with Crippen molar-refractivity contribution in [3.8, 4) is 0 Å². The molecule has 92 valence electrons.